The van der Waals surface area contributed by atoms with E-state index in [1.54, 1.807) is 12.2 Å². The minimum Gasteiger partial charge on any atom is -0.324 e. The maximum Gasteiger partial charge on any atom is 0.418 e. The Bertz CT molecular complexity index is 1070. The van der Waals surface area contributed by atoms with E-state index < -0.39 is 29.6 Å². The second kappa shape index (κ2) is 9.49. The first-order valence-electron chi connectivity index (χ1n) is 9.14. The summed E-state index contributed by atoms with van der Waals surface area (Å²) < 4.78 is 39.7. The standard InChI is InChI=1S/C22H17F3N2O2S2/c1-14(19(28)26-17-12-6-5-11-16(17)22(23,24)25)27-20(29)18(31-21(27)30)13-7-10-15-8-3-2-4-9-15/h2-14H,1H3,(H,26,28)/b10-7+,18-13-. The number of benzene rings is 2. The maximum atomic E-state index is 13.2. The molecule has 1 unspecified atom stereocenters. The predicted octanol–water partition coefficient (Wildman–Crippen LogP) is 5.49. The lowest BCUT2D eigenvalue weighted by Gasteiger charge is -2.23. The summed E-state index contributed by atoms with van der Waals surface area (Å²) in [5.74, 6) is -1.24. The third-order valence-electron chi connectivity index (χ3n) is 4.42. The van der Waals surface area contributed by atoms with Gasteiger partial charge in [0.2, 0.25) is 5.91 Å². The van der Waals surface area contributed by atoms with E-state index in [0.29, 0.717) is 4.91 Å². The Hall–Kier alpha value is -2.91. The van der Waals surface area contributed by atoms with Crippen molar-refractivity contribution < 1.29 is 22.8 Å². The topological polar surface area (TPSA) is 49.4 Å². The lowest BCUT2D eigenvalue weighted by molar-refractivity contribution is -0.137. The molecule has 2 aromatic carbocycles. The molecule has 0 saturated carbocycles. The monoisotopic (exact) mass is 462 g/mol. The Morgan fingerprint density at radius 3 is 2.45 bits per heavy atom. The van der Waals surface area contributed by atoms with Gasteiger partial charge in [0.1, 0.15) is 10.4 Å². The van der Waals surface area contributed by atoms with Gasteiger partial charge in [-0.3, -0.25) is 14.5 Å². The summed E-state index contributed by atoms with van der Waals surface area (Å²) in [6.45, 7) is 1.42. The van der Waals surface area contributed by atoms with Crippen LogP contribution in [0.15, 0.2) is 71.7 Å². The molecule has 9 heteroatoms. The highest BCUT2D eigenvalue weighted by Gasteiger charge is 2.39. The normalized spacial score (nSPS) is 16.9. The third kappa shape index (κ3) is 5.42. The van der Waals surface area contributed by atoms with Crippen molar-refractivity contribution in [3.05, 3.63) is 82.8 Å². The number of para-hydroxylation sites is 1. The third-order valence-corrected chi connectivity index (χ3v) is 5.77. The Morgan fingerprint density at radius 2 is 1.77 bits per heavy atom. The van der Waals surface area contributed by atoms with Crippen molar-refractivity contribution in [2.75, 3.05) is 5.32 Å². The van der Waals surface area contributed by atoms with Crippen LogP contribution in [0.3, 0.4) is 0 Å². The van der Waals surface area contributed by atoms with Crippen LogP contribution in [0.2, 0.25) is 0 Å². The van der Waals surface area contributed by atoms with Crippen molar-refractivity contribution in [2.24, 2.45) is 0 Å². The molecule has 0 aromatic heterocycles. The number of alkyl halides is 3. The minimum atomic E-state index is -4.62. The van der Waals surface area contributed by atoms with Gasteiger partial charge in [-0.25, -0.2) is 0 Å². The van der Waals surface area contributed by atoms with Crippen LogP contribution in [0.4, 0.5) is 18.9 Å². The van der Waals surface area contributed by atoms with E-state index in [0.717, 1.165) is 34.4 Å². The number of allylic oxidation sites excluding steroid dienone is 2. The lowest BCUT2D eigenvalue weighted by atomic mass is 10.1. The fourth-order valence-corrected chi connectivity index (χ4v) is 4.20. The van der Waals surface area contributed by atoms with Crippen molar-refractivity contribution in [1.29, 1.82) is 0 Å². The van der Waals surface area contributed by atoms with Gasteiger partial charge in [-0.1, -0.05) is 78.6 Å². The van der Waals surface area contributed by atoms with Gasteiger partial charge in [0, 0.05) is 0 Å². The first kappa shape index (κ1) is 22.8. The molecule has 1 aliphatic heterocycles. The number of amides is 2. The number of hydrogen-bond acceptors (Lipinski definition) is 4. The predicted molar refractivity (Wildman–Crippen MR) is 120 cm³/mol. The molecule has 0 bridgehead atoms. The number of nitrogens with one attached hydrogen (secondary N) is 1. The van der Waals surface area contributed by atoms with Gasteiger partial charge in [0.15, 0.2) is 0 Å². The molecule has 1 aliphatic rings. The van der Waals surface area contributed by atoms with Crippen LogP contribution in [0.1, 0.15) is 18.1 Å². The first-order chi connectivity index (χ1) is 14.7. The SMILES string of the molecule is CC(C(=O)Nc1ccccc1C(F)(F)F)N1C(=O)/C(=C/C=C/c2ccccc2)SC1=S. The van der Waals surface area contributed by atoms with Crippen molar-refractivity contribution in [3.8, 4) is 0 Å². The zero-order valence-corrected chi connectivity index (χ0v) is 17.9. The molecule has 4 nitrogen and oxygen atoms in total. The van der Waals surface area contributed by atoms with E-state index in [4.69, 9.17) is 12.2 Å². The highest BCUT2D eigenvalue weighted by molar-refractivity contribution is 8.26. The Labute approximate surface area is 186 Å². The van der Waals surface area contributed by atoms with Crippen molar-refractivity contribution in [3.63, 3.8) is 0 Å². The van der Waals surface area contributed by atoms with Crippen LogP contribution in [0.25, 0.3) is 6.08 Å². The highest BCUT2D eigenvalue weighted by Crippen LogP contribution is 2.36. The molecular weight excluding hydrogens is 445 g/mol. The molecule has 0 spiro atoms. The fraction of sp³-hybridized carbons (Fsp3) is 0.136. The number of halogens is 3. The summed E-state index contributed by atoms with van der Waals surface area (Å²) >= 11 is 6.26. The second-order valence-corrected chi connectivity index (χ2v) is 8.23. The molecule has 1 fully saturated rings. The summed E-state index contributed by atoms with van der Waals surface area (Å²) in [6, 6.07) is 13.0. The van der Waals surface area contributed by atoms with Crippen LogP contribution in [0.5, 0.6) is 0 Å². The van der Waals surface area contributed by atoms with E-state index in [9.17, 15) is 22.8 Å². The molecule has 2 amide bonds. The Balaban J connectivity index is 1.73. The number of carbonyl (C=O) groups excluding carboxylic acids is 2. The number of thiocarbonyl (C=S) groups is 1. The fourth-order valence-electron chi connectivity index (χ4n) is 2.83. The van der Waals surface area contributed by atoms with Gasteiger partial charge in [0.25, 0.3) is 5.91 Å². The number of nitrogens with zero attached hydrogens (tertiary/aromatic N) is 1. The van der Waals surface area contributed by atoms with E-state index >= 15 is 0 Å². The summed E-state index contributed by atoms with van der Waals surface area (Å²) in [5, 5.41) is 2.26. The van der Waals surface area contributed by atoms with Crippen molar-refractivity contribution in [2.45, 2.75) is 19.1 Å². The maximum absolute atomic E-state index is 13.2. The molecule has 31 heavy (non-hydrogen) atoms. The zero-order chi connectivity index (χ0) is 22.6. The largest absolute Gasteiger partial charge is 0.418 e. The smallest absolute Gasteiger partial charge is 0.324 e. The lowest BCUT2D eigenvalue weighted by Crippen LogP contribution is -2.44. The number of rotatable bonds is 5. The first-order valence-corrected chi connectivity index (χ1v) is 10.4. The van der Waals surface area contributed by atoms with Crippen LogP contribution < -0.4 is 5.32 Å². The average Bonchev–Trinajstić information content (AvgIpc) is 3.01. The molecule has 1 heterocycles. The van der Waals surface area contributed by atoms with Gasteiger partial charge in [-0.05, 0) is 30.7 Å². The quantitative estimate of drug-likeness (QED) is 0.472. The molecule has 2 aromatic rings. The van der Waals surface area contributed by atoms with E-state index in [1.165, 1.54) is 19.1 Å². The molecule has 1 N–H and O–H groups in total. The Morgan fingerprint density at radius 1 is 1.13 bits per heavy atom. The van der Waals surface area contributed by atoms with Crippen LogP contribution in [-0.4, -0.2) is 27.1 Å². The number of carbonyl (C=O) groups is 2. The van der Waals surface area contributed by atoms with E-state index in [-0.39, 0.29) is 10.0 Å². The zero-order valence-electron chi connectivity index (χ0n) is 16.2. The molecule has 3 rings (SSSR count). The molecular formula is C22H17F3N2O2S2. The Kier molecular flexibility index (Phi) is 6.97. The van der Waals surface area contributed by atoms with Crippen molar-refractivity contribution >= 4 is 51.9 Å². The van der Waals surface area contributed by atoms with Crippen LogP contribution in [0, 0.1) is 0 Å². The van der Waals surface area contributed by atoms with E-state index in [2.05, 4.69) is 5.32 Å². The van der Waals surface area contributed by atoms with Gasteiger partial charge in [0.05, 0.1) is 16.2 Å². The molecule has 0 aliphatic carbocycles. The van der Waals surface area contributed by atoms with Gasteiger partial charge in [-0.15, -0.1) is 0 Å². The van der Waals surface area contributed by atoms with Gasteiger partial charge >= 0.3 is 6.18 Å². The van der Waals surface area contributed by atoms with Crippen molar-refractivity contribution in [1.82, 2.24) is 4.90 Å². The number of thioether (sulfide) groups is 1. The number of hydrogen-bond donors (Lipinski definition) is 1. The van der Waals surface area contributed by atoms with Crippen LogP contribution in [-0.2, 0) is 15.8 Å². The van der Waals surface area contributed by atoms with Crippen LogP contribution >= 0.6 is 24.0 Å². The minimum absolute atomic E-state index is 0.163. The highest BCUT2D eigenvalue weighted by atomic mass is 32.2. The summed E-state index contributed by atoms with van der Waals surface area (Å²) in [4.78, 5) is 26.8. The second-order valence-electron chi connectivity index (χ2n) is 6.55. The summed E-state index contributed by atoms with van der Waals surface area (Å²) in [7, 11) is 0. The van der Waals surface area contributed by atoms with Gasteiger partial charge in [-0.2, -0.15) is 13.2 Å². The summed E-state index contributed by atoms with van der Waals surface area (Å²) in [5.41, 5.74) is -0.393. The molecule has 1 atom stereocenters. The molecule has 0 radical (unpaired) electrons. The van der Waals surface area contributed by atoms with E-state index in [1.807, 2.05) is 36.4 Å². The molecule has 160 valence electrons. The average molecular weight is 463 g/mol. The summed E-state index contributed by atoms with van der Waals surface area (Å²) in [6.07, 6.45) is 0.487. The molecule has 1 saturated heterocycles. The van der Waals surface area contributed by atoms with Gasteiger partial charge < -0.3 is 5.32 Å². The number of anilines is 1.